The summed E-state index contributed by atoms with van der Waals surface area (Å²) in [5.41, 5.74) is 0. The van der Waals surface area contributed by atoms with E-state index in [9.17, 15) is 0 Å². The maximum absolute atomic E-state index is 3.60. The Hall–Kier alpha value is -0.360. The number of hydrogen-bond donors (Lipinski definition) is 1. The van der Waals surface area contributed by atoms with Crippen LogP contribution in [0, 0.1) is 0 Å². The van der Waals surface area contributed by atoms with Crippen molar-refractivity contribution < 1.29 is 0 Å². The molecule has 0 aliphatic heterocycles. The number of rotatable bonds is 12. The van der Waals surface area contributed by atoms with Crippen LogP contribution in [-0.4, -0.2) is 34.8 Å². The first-order valence-corrected chi connectivity index (χ1v) is 12.5. The normalized spacial score (nSPS) is 11.8. The summed E-state index contributed by atoms with van der Waals surface area (Å²) < 4.78 is 0. The number of unbranched alkanes of at least 4 members (excludes halogenated alkanes) is 4. The molecule has 0 saturated heterocycles. The molecule has 0 radical (unpaired) electrons. The van der Waals surface area contributed by atoms with Crippen molar-refractivity contribution in [1.82, 2.24) is 10.2 Å². The number of nitrogens with one attached hydrogen (secondary N) is 1. The van der Waals surface area contributed by atoms with Gasteiger partial charge < -0.3 is 0 Å². The molecule has 1 aromatic heterocycles. The van der Waals surface area contributed by atoms with Gasteiger partial charge in [-0.1, -0.05) is 0 Å². The van der Waals surface area contributed by atoms with Gasteiger partial charge in [0, 0.05) is 12.4 Å². The van der Waals surface area contributed by atoms with E-state index >= 15 is 0 Å². The van der Waals surface area contributed by atoms with E-state index in [1.807, 2.05) is 6.07 Å². The van der Waals surface area contributed by atoms with Crippen molar-refractivity contribution in [2.45, 2.75) is 79.1 Å². The molecule has 1 rings (SSSR count). The van der Waals surface area contributed by atoms with Crippen molar-refractivity contribution in [1.29, 1.82) is 0 Å². The summed E-state index contributed by atoms with van der Waals surface area (Å²) in [7, 11) is -0.879. The maximum Gasteiger partial charge on any atom is 0.0487 e. The summed E-state index contributed by atoms with van der Waals surface area (Å²) >= 11 is 0. The summed E-state index contributed by atoms with van der Waals surface area (Å²) in [4.78, 5) is 0. The zero-order valence-electron chi connectivity index (χ0n) is 15.7. The number of nitrogens with zero attached hydrogens (tertiary/aromatic N) is 1. The van der Waals surface area contributed by atoms with Gasteiger partial charge in [-0.2, -0.15) is 5.10 Å². The van der Waals surface area contributed by atoms with Crippen LogP contribution in [0.4, 0.5) is 0 Å². The summed E-state index contributed by atoms with van der Waals surface area (Å²) in [6.07, 6.45) is 21.6. The molecule has 0 atom stereocenters. The van der Waals surface area contributed by atoms with E-state index in [-0.39, 0.29) is 0 Å². The summed E-state index contributed by atoms with van der Waals surface area (Å²) in [6.45, 7) is 9.44. The van der Waals surface area contributed by atoms with Gasteiger partial charge in [0.25, 0.3) is 0 Å². The minimum Gasteiger partial charge on any atom is -0.286 e. The van der Waals surface area contributed by atoms with Crippen LogP contribution in [0.2, 0.25) is 0 Å². The Bertz CT molecular complexity index is 244. The molecule has 1 aromatic rings. The van der Waals surface area contributed by atoms with Crippen LogP contribution in [0.15, 0.2) is 18.5 Å². The number of H-pyrrole nitrogens is 1. The second kappa shape index (κ2) is 15.5. The minimum atomic E-state index is -0.879. The summed E-state index contributed by atoms with van der Waals surface area (Å²) in [6, 6.07) is 1.83. The Morgan fingerprint density at radius 1 is 0.727 bits per heavy atom. The van der Waals surface area contributed by atoms with Crippen molar-refractivity contribution in [2.75, 3.05) is 24.6 Å². The van der Waals surface area contributed by atoms with Crippen molar-refractivity contribution in [3.63, 3.8) is 0 Å². The molecule has 2 nitrogen and oxygen atoms in total. The average Bonchev–Trinajstić information content (AvgIpc) is 3.13. The van der Waals surface area contributed by atoms with Crippen LogP contribution in [0.5, 0.6) is 0 Å². The van der Waals surface area contributed by atoms with Gasteiger partial charge in [0.2, 0.25) is 0 Å². The molecule has 1 heterocycles. The van der Waals surface area contributed by atoms with Crippen LogP contribution in [-0.2, 0) is 0 Å². The fourth-order valence-corrected chi connectivity index (χ4v) is 9.09. The van der Waals surface area contributed by atoms with Crippen LogP contribution in [0.25, 0.3) is 0 Å². The SMILES string of the molecule is CCCC[PH](CCCC)(CCCC)CCCC.c1cn[nH]c1. The Kier molecular flexibility index (Phi) is 15.3. The quantitative estimate of drug-likeness (QED) is 0.445. The number of aromatic amines is 1. The topological polar surface area (TPSA) is 28.7 Å². The monoisotopic (exact) mass is 328 g/mol. The van der Waals surface area contributed by atoms with Gasteiger partial charge in [-0.05, 0) is 6.07 Å². The molecule has 0 saturated carbocycles. The van der Waals surface area contributed by atoms with Gasteiger partial charge in [0.15, 0.2) is 0 Å². The molecule has 132 valence electrons. The zero-order chi connectivity index (χ0) is 16.5. The molecule has 22 heavy (non-hydrogen) atoms. The Morgan fingerprint density at radius 2 is 1.14 bits per heavy atom. The predicted molar refractivity (Wildman–Crippen MR) is 106 cm³/mol. The zero-order valence-corrected chi connectivity index (χ0v) is 16.7. The summed E-state index contributed by atoms with van der Waals surface area (Å²) in [5, 5.41) is 6.21. The van der Waals surface area contributed by atoms with E-state index in [1.165, 1.54) is 51.4 Å². The molecule has 3 heteroatoms. The largest absolute Gasteiger partial charge is 0.286 e. The fraction of sp³-hybridized carbons (Fsp3) is 0.842. The van der Waals surface area contributed by atoms with Gasteiger partial charge in [0.05, 0.1) is 0 Å². The second-order valence-electron chi connectivity index (χ2n) is 6.68. The van der Waals surface area contributed by atoms with Crippen molar-refractivity contribution in [3.05, 3.63) is 18.5 Å². The van der Waals surface area contributed by atoms with E-state index in [2.05, 4.69) is 37.9 Å². The van der Waals surface area contributed by atoms with Gasteiger partial charge in [-0.15, -0.1) is 0 Å². The Labute approximate surface area is 140 Å². The molecule has 0 aliphatic rings. The van der Waals surface area contributed by atoms with Gasteiger partial charge >= 0.3 is 111 Å². The van der Waals surface area contributed by atoms with E-state index < -0.39 is 7.26 Å². The second-order valence-corrected chi connectivity index (χ2v) is 11.7. The van der Waals surface area contributed by atoms with Gasteiger partial charge in [-0.3, -0.25) is 5.10 Å². The van der Waals surface area contributed by atoms with Crippen LogP contribution >= 0.6 is 7.26 Å². The molecule has 0 aromatic carbocycles. The summed E-state index contributed by atoms with van der Waals surface area (Å²) in [5.74, 6) is 0. The van der Waals surface area contributed by atoms with Gasteiger partial charge in [0.1, 0.15) is 0 Å². The van der Waals surface area contributed by atoms with E-state index in [4.69, 9.17) is 0 Å². The van der Waals surface area contributed by atoms with Crippen molar-refractivity contribution in [3.8, 4) is 0 Å². The first kappa shape index (κ1) is 21.6. The molecule has 0 unspecified atom stereocenters. The smallest absolute Gasteiger partial charge is 0.0487 e. The van der Waals surface area contributed by atoms with E-state index in [0.29, 0.717) is 0 Å². The first-order chi connectivity index (χ1) is 10.7. The third kappa shape index (κ3) is 11.2. The van der Waals surface area contributed by atoms with E-state index in [1.54, 1.807) is 37.0 Å². The molecule has 0 spiro atoms. The van der Waals surface area contributed by atoms with E-state index in [0.717, 1.165) is 0 Å². The Morgan fingerprint density at radius 3 is 1.32 bits per heavy atom. The van der Waals surface area contributed by atoms with Gasteiger partial charge in [-0.25, -0.2) is 0 Å². The van der Waals surface area contributed by atoms with Crippen LogP contribution < -0.4 is 0 Å². The molecule has 0 fully saturated rings. The van der Waals surface area contributed by atoms with Crippen LogP contribution in [0.1, 0.15) is 79.1 Å². The Balaban J connectivity index is 0.000000734. The molecule has 1 N–H and O–H groups in total. The molecular weight excluding hydrogens is 287 g/mol. The first-order valence-electron chi connectivity index (χ1n) is 9.68. The molecule has 0 bridgehead atoms. The standard InChI is InChI=1S/C16H37P.C3H4N2/c1-5-9-13-17(14-10-6-2,15-11-7-3)16-12-8-4;1-2-4-5-3-1/h17H,5-16H2,1-4H3;1-3H,(H,4,5). The van der Waals surface area contributed by atoms with Crippen molar-refractivity contribution in [2.24, 2.45) is 0 Å². The maximum atomic E-state index is 3.60. The molecule has 0 amide bonds. The fourth-order valence-electron chi connectivity index (χ4n) is 3.17. The predicted octanol–water partition coefficient (Wildman–Crippen LogP) is 6.35. The molecule has 0 aliphatic carbocycles. The third-order valence-electron chi connectivity index (χ3n) is 4.65. The van der Waals surface area contributed by atoms with Crippen LogP contribution in [0.3, 0.4) is 0 Å². The molecular formula is C19H41N2P. The number of hydrogen-bond acceptors (Lipinski definition) is 1. The minimum absolute atomic E-state index is 0.879. The third-order valence-corrected chi connectivity index (χ3v) is 10.3. The van der Waals surface area contributed by atoms with Crippen molar-refractivity contribution >= 4 is 7.26 Å². The average molecular weight is 329 g/mol. The number of aromatic nitrogens is 2.